The van der Waals surface area contributed by atoms with Gasteiger partial charge in [-0.15, -0.1) is 12.4 Å². The third-order valence-corrected chi connectivity index (χ3v) is 5.16. The van der Waals surface area contributed by atoms with Gasteiger partial charge in [0.25, 0.3) is 0 Å². The molecule has 0 saturated carbocycles. The molecule has 2 unspecified atom stereocenters. The van der Waals surface area contributed by atoms with Crippen LogP contribution in [0.3, 0.4) is 0 Å². The molecule has 1 aliphatic rings. The summed E-state index contributed by atoms with van der Waals surface area (Å²) in [5.41, 5.74) is 0. The van der Waals surface area contributed by atoms with Crippen molar-refractivity contribution in [3.8, 4) is 0 Å². The molecule has 1 aromatic carbocycles. The van der Waals surface area contributed by atoms with E-state index in [1.807, 2.05) is 0 Å². The lowest BCUT2D eigenvalue weighted by molar-refractivity contribution is -0.121. The quantitative estimate of drug-likeness (QED) is 0.706. The SMILES string of the molecule is CC1CC(NC(=O)CCNS(=O)(=O)c2ccccc2)CCN1.Cl. The Morgan fingerprint density at radius 1 is 1.30 bits per heavy atom. The first-order valence-corrected chi connectivity index (χ1v) is 9.03. The molecule has 0 radical (unpaired) electrons. The molecule has 0 aliphatic carbocycles. The lowest BCUT2D eigenvalue weighted by Gasteiger charge is -2.28. The summed E-state index contributed by atoms with van der Waals surface area (Å²) in [7, 11) is -3.54. The van der Waals surface area contributed by atoms with Crippen LogP contribution in [-0.4, -0.2) is 39.5 Å². The van der Waals surface area contributed by atoms with Crippen LogP contribution in [0.2, 0.25) is 0 Å². The van der Waals surface area contributed by atoms with Crippen LogP contribution in [0, 0.1) is 0 Å². The van der Waals surface area contributed by atoms with Crippen LogP contribution in [0.15, 0.2) is 35.2 Å². The van der Waals surface area contributed by atoms with Gasteiger partial charge in [0, 0.05) is 25.0 Å². The number of rotatable bonds is 6. The Morgan fingerprint density at radius 2 is 2.00 bits per heavy atom. The minimum atomic E-state index is -3.54. The van der Waals surface area contributed by atoms with Gasteiger partial charge in [0.15, 0.2) is 0 Å². The number of nitrogens with one attached hydrogen (secondary N) is 3. The van der Waals surface area contributed by atoms with Gasteiger partial charge in [0.05, 0.1) is 4.90 Å². The minimum absolute atomic E-state index is 0. The molecule has 23 heavy (non-hydrogen) atoms. The van der Waals surface area contributed by atoms with E-state index >= 15 is 0 Å². The highest BCUT2D eigenvalue weighted by Gasteiger charge is 2.20. The molecule has 0 spiro atoms. The smallest absolute Gasteiger partial charge is 0.240 e. The van der Waals surface area contributed by atoms with Gasteiger partial charge in [0.2, 0.25) is 15.9 Å². The highest BCUT2D eigenvalue weighted by molar-refractivity contribution is 7.89. The summed E-state index contributed by atoms with van der Waals surface area (Å²) in [4.78, 5) is 12.1. The number of amides is 1. The number of carbonyl (C=O) groups is 1. The third kappa shape index (κ3) is 6.47. The van der Waals surface area contributed by atoms with Crippen LogP contribution < -0.4 is 15.4 Å². The van der Waals surface area contributed by atoms with Gasteiger partial charge in [-0.25, -0.2) is 13.1 Å². The van der Waals surface area contributed by atoms with E-state index in [1.54, 1.807) is 18.2 Å². The monoisotopic (exact) mass is 361 g/mol. The van der Waals surface area contributed by atoms with E-state index in [4.69, 9.17) is 0 Å². The first kappa shape index (κ1) is 19.9. The zero-order chi connectivity index (χ0) is 16.0. The zero-order valence-corrected chi connectivity index (χ0v) is 14.8. The van der Waals surface area contributed by atoms with Gasteiger partial charge >= 0.3 is 0 Å². The van der Waals surface area contributed by atoms with Gasteiger partial charge in [-0.3, -0.25) is 4.79 Å². The zero-order valence-electron chi connectivity index (χ0n) is 13.1. The number of hydrogen-bond donors (Lipinski definition) is 3. The molecule has 130 valence electrons. The summed E-state index contributed by atoms with van der Waals surface area (Å²) in [5, 5.41) is 6.28. The van der Waals surface area contributed by atoms with Crippen LogP contribution in [0.25, 0.3) is 0 Å². The van der Waals surface area contributed by atoms with Gasteiger partial charge in [-0.2, -0.15) is 0 Å². The van der Waals surface area contributed by atoms with Crippen molar-refractivity contribution < 1.29 is 13.2 Å². The molecule has 0 bridgehead atoms. The lowest BCUT2D eigenvalue weighted by Crippen LogP contribution is -2.47. The third-order valence-electron chi connectivity index (χ3n) is 3.69. The van der Waals surface area contributed by atoms with E-state index in [0.717, 1.165) is 19.4 Å². The first-order chi connectivity index (χ1) is 10.5. The Bertz CT molecular complexity index is 595. The predicted molar refractivity (Wildman–Crippen MR) is 92.1 cm³/mol. The molecule has 8 heteroatoms. The van der Waals surface area contributed by atoms with Gasteiger partial charge < -0.3 is 10.6 Å². The fourth-order valence-corrected chi connectivity index (χ4v) is 3.60. The average Bonchev–Trinajstić information content (AvgIpc) is 2.48. The van der Waals surface area contributed by atoms with Gasteiger partial charge in [0.1, 0.15) is 0 Å². The number of carbonyl (C=O) groups excluding carboxylic acids is 1. The molecule has 1 aromatic rings. The topological polar surface area (TPSA) is 87.3 Å². The molecule has 0 aromatic heterocycles. The highest BCUT2D eigenvalue weighted by atomic mass is 35.5. The second-order valence-electron chi connectivity index (χ2n) is 5.60. The van der Waals surface area contributed by atoms with Crippen molar-refractivity contribution in [3.05, 3.63) is 30.3 Å². The molecule has 3 N–H and O–H groups in total. The lowest BCUT2D eigenvalue weighted by atomic mass is 10.0. The van der Waals surface area contributed by atoms with Gasteiger partial charge in [-0.05, 0) is 38.4 Å². The van der Waals surface area contributed by atoms with Crippen LogP contribution in [0.5, 0.6) is 0 Å². The van der Waals surface area contributed by atoms with Crippen molar-refractivity contribution >= 4 is 28.3 Å². The fraction of sp³-hybridized carbons (Fsp3) is 0.533. The fourth-order valence-electron chi connectivity index (χ4n) is 2.54. The van der Waals surface area contributed by atoms with E-state index in [-0.39, 0.29) is 42.2 Å². The maximum Gasteiger partial charge on any atom is 0.240 e. The molecule has 1 heterocycles. The van der Waals surface area contributed by atoms with Crippen LogP contribution in [-0.2, 0) is 14.8 Å². The van der Waals surface area contributed by atoms with Crippen molar-refractivity contribution in [1.82, 2.24) is 15.4 Å². The van der Waals surface area contributed by atoms with Crippen LogP contribution in [0.1, 0.15) is 26.2 Å². The van der Waals surface area contributed by atoms with Crippen molar-refractivity contribution in [2.75, 3.05) is 13.1 Å². The standard InChI is InChI=1S/C15H23N3O3S.ClH/c1-12-11-13(7-9-16-12)18-15(19)8-10-17-22(20,21)14-5-3-2-4-6-14;/h2-6,12-13,16-17H,7-11H2,1H3,(H,18,19);1H. The number of piperidine rings is 1. The molecule has 2 atom stereocenters. The molecule has 1 fully saturated rings. The Hall–Kier alpha value is -1.15. The Kier molecular flexibility index (Phi) is 7.98. The molecule has 2 rings (SSSR count). The maximum atomic E-state index is 12.0. The second kappa shape index (κ2) is 9.22. The highest BCUT2D eigenvalue weighted by Crippen LogP contribution is 2.09. The van der Waals surface area contributed by atoms with Crippen molar-refractivity contribution in [1.29, 1.82) is 0 Å². The van der Waals surface area contributed by atoms with Gasteiger partial charge in [-0.1, -0.05) is 18.2 Å². The summed E-state index contributed by atoms with van der Waals surface area (Å²) < 4.78 is 26.4. The van der Waals surface area contributed by atoms with E-state index in [2.05, 4.69) is 22.3 Å². The largest absolute Gasteiger partial charge is 0.353 e. The first-order valence-electron chi connectivity index (χ1n) is 7.55. The van der Waals surface area contributed by atoms with E-state index in [1.165, 1.54) is 12.1 Å². The number of benzene rings is 1. The predicted octanol–water partition coefficient (Wildman–Crippen LogP) is 1.03. The molecule has 1 saturated heterocycles. The summed E-state index contributed by atoms with van der Waals surface area (Å²) >= 11 is 0. The molecule has 1 amide bonds. The molecule has 1 aliphatic heterocycles. The Morgan fingerprint density at radius 3 is 2.65 bits per heavy atom. The molecule has 6 nitrogen and oxygen atoms in total. The summed E-state index contributed by atoms with van der Waals surface area (Å²) in [5.74, 6) is -0.116. The Balaban J connectivity index is 0.00000264. The van der Waals surface area contributed by atoms with E-state index in [0.29, 0.717) is 6.04 Å². The molecular weight excluding hydrogens is 338 g/mol. The van der Waals surface area contributed by atoms with Crippen molar-refractivity contribution in [3.63, 3.8) is 0 Å². The maximum absolute atomic E-state index is 12.0. The second-order valence-corrected chi connectivity index (χ2v) is 7.37. The van der Waals surface area contributed by atoms with Crippen LogP contribution >= 0.6 is 12.4 Å². The van der Waals surface area contributed by atoms with Crippen molar-refractivity contribution in [2.45, 2.75) is 43.2 Å². The number of sulfonamides is 1. The summed E-state index contributed by atoms with van der Waals surface area (Å²) in [6.45, 7) is 3.09. The molecular formula is C15H24ClN3O3S. The average molecular weight is 362 g/mol. The van der Waals surface area contributed by atoms with E-state index < -0.39 is 10.0 Å². The minimum Gasteiger partial charge on any atom is -0.353 e. The van der Waals surface area contributed by atoms with Crippen molar-refractivity contribution in [2.24, 2.45) is 0 Å². The number of hydrogen-bond acceptors (Lipinski definition) is 4. The summed E-state index contributed by atoms with van der Waals surface area (Å²) in [6.07, 6.45) is 1.96. The number of halogens is 1. The normalized spacial score (nSPS) is 21.3. The summed E-state index contributed by atoms with van der Waals surface area (Å²) in [6, 6.07) is 8.72. The van der Waals surface area contributed by atoms with E-state index in [9.17, 15) is 13.2 Å². The Labute approximate surface area is 143 Å². The van der Waals surface area contributed by atoms with Crippen LogP contribution in [0.4, 0.5) is 0 Å².